The van der Waals surface area contributed by atoms with E-state index in [1.807, 2.05) is 25.1 Å². The molecule has 2 aromatic carbocycles. The average molecular weight is 347 g/mol. The fraction of sp³-hybridized carbons (Fsp3) is 0.222. The smallest absolute Gasteiger partial charge is 0.271 e. The molecule has 0 saturated carbocycles. The maximum absolute atomic E-state index is 12.0. The van der Waals surface area contributed by atoms with Crippen LogP contribution in [0.1, 0.15) is 22.8 Å². The minimum atomic E-state index is -0.279. The zero-order valence-corrected chi connectivity index (χ0v) is 14.6. The Kier molecular flexibility index (Phi) is 6.21. The van der Waals surface area contributed by atoms with Gasteiger partial charge in [-0.3, -0.25) is 4.79 Å². The number of hydrazone groups is 1. The van der Waals surface area contributed by atoms with E-state index >= 15 is 0 Å². The lowest BCUT2D eigenvalue weighted by atomic mass is 10.1. The molecule has 1 amide bonds. The Labute approximate surface area is 146 Å². The molecule has 0 heterocycles. The van der Waals surface area contributed by atoms with Crippen molar-refractivity contribution in [3.8, 4) is 11.5 Å². The second-order valence-electron chi connectivity index (χ2n) is 5.16. The molecule has 24 heavy (non-hydrogen) atoms. The summed E-state index contributed by atoms with van der Waals surface area (Å²) in [6, 6.07) is 12.3. The van der Waals surface area contributed by atoms with E-state index in [1.54, 1.807) is 38.5 Å². The third-order valence-electron chi connectivity index (χ3n) is 3.36. The van der Waals surface area contributed by atoms with Gasteiger partial charge >= 0.3 is 0 Å². The van der Waals surface area contributed by atoms with E-state index in [9.17, 15) is 4.79 Å². The highest BCUT2D eigenvalue weighted by Gasteiger charge is 2.07. The van der Waals surface area contributed by atoms with Crippen molar-refractivity contribution in [3.05, 3.63) is 58.6 Å². The highest BCUT2D eigenvalue weighted by Crippen LogP contribution is 2.27. The molecule has 0 spiro atoms. The molecular formula is C18H19ClN2O3. The van der Waals surface area contributed by atoms with Gasteiger partial charge in [0.2, 0.25) is 0 Å². The first-order valence-electron chi connectivity index (χ1n) is 7.33. The van der Waals surface area contributed by atoms with Crippen molar-refractivity contribution in [2.24, 2.45) is 5.10 Å². The van der Waals surface area contributed by atoms with E-state index in [-0.39, 0.29) is 5.91 Å². The molecule has 2 aromatic rings. The minimum Gasteiger partial charge on any atom is -0.493 e. The standard InChI is InChI=1S/C18H19ClN2O3/c1-12(10-13-4-9-16(23-2)17(11-13)24-3)20-21-18(22)14-5-7-15(19)8-6-14/h4-9,11H,10H2,1-3H3,(H,21,22)/b20-12-. The highest BCUT2D eigenvalue weighted by atomic mass is 35.5. The number of nitrogens with one attached hydrogen (secondary N) is 1. The van der Waals surface area contributed by atoms with Gasteiger partial charge in [-0.15, -0.1) is 0 Å². The Morgan fingerprint density at radius 1 is 1.08 bits per heavy atom. The summed E-state index contributed by atoms with van der Waals surface area (Å²) >= 11 is 5.80. The molecular weight excluding hydrogens is 328 g/mol. The first-order valence-corrected chi connectivity index (χ1v) is 7.71. The van der Waals surface area contributed by atoms with Gasteiger partial charge in [-0.25, -0.2) is 5.43 Å². The molecule has 6 heteroatoms. The third kappa shape index (κ3) is 4.73. The Balaban J connectivity index is 2.01. The van der Waals surface area contributed by atoms with Crippen molar-refractivity contribution in [2.75, 3.05) is 14.2 Å². The monoisotopic (exact) mass is 346 g/mol. The lowest BCUT2D eigenvalue weighted by molar-refractivity contribution is 0.0954. The average Bonchev–Trinajstić information content (AvgIpc) is 2.60. The zero-order chi connectivity index (χ0) is 17.5. The summed E-state index contributed by atoms with van der Waals surface area (Å²) < 4.78 is 10.5. The Bertz CT molecular complexity index is 742. The second-order valence-corrected chi connectivity index (χ2v) is 5.60. The zero-order valence-electron chi connectivity index (χ0n) is 13.8. The largest absolute Gasteiger partial charge is 0.493 e. The number of rotatable bonds is 6. The fourth-order valence-electron chi connectivity index (χ4n) is 2.14. The van der Waals surface area contributed by atoms with Crippen LogP contribution in [0.3, 0.4) is 0 Å². The fourth-order valence-corrected chi connectivity index (χ4v) is 2.26. The predicted octanol–water partition coefficient (Wildman–Crippen LogP) is 3.71. The van der Waals surface area contributed by atoms with Gasteiger partial charge in [0.25, 0.3) is 5.91 Å². The van der Waals surface area contributed by atoms with Gasteiger partial charge in [0.1, 0.15) is 0 Å². The molecule has 5 nitrogen and oxygen atoms in total. The van der Waals surface area contributed by atoms with Crippen LogP contribution in [0.15, 0.2) is 47.6 Å². The van der Waals surface area contributed by atoms with Crippen LogP contribution in [0.2, 0.25) is 5.02 Å². The lowest BCUT2D eigenvalue weighted by Crippen LogP contribution is -2.19. The van der Waals surface area contributed by atoms with E-state index in [0.717, 1.165) is 11.3 Å². The molecule has 0 unspecified atom stereocenters. The van der Waals surface area contributed by atoms with Crippen molar-refractivity contribution < 1.29 is 14.3 Å². The van der Waals surface area contributed by atoms with E-state index < -0.39 is 0 Å². The summed E-state index contributed by atoms with van der Waals surface area (Å²) in [4.78, 5) is 12.0. The number of hydrogen-bond donors (Lipinski definition) is 1. The molecule has 0 aliphatic carbocycles. The van der Waals surface area contributed by atoms with Gasteiger partial charge in [-0.05, 0) is 48.9 Å². The predicted molar refractivity (Wildman–Crippen MR) is 95.3 cm³/mol. The van der Waals surface area contributed by atoms with E-state index in [4.69, 9.17) is 21.1 Å². The third-order valence-corrected chi connectivity index (χ3v) is 3.61. The first kappa shape index (κ1) is 17.8. The van der Waals surface area contributed by atoms with Crippen LogP contribution in [-0.4, -0.2) is 25.8 Å². The van der Waals surface area contributed by atoms with E-state index in [1.165, 1.54) is 0 Å². The Hall–Kier alpha value is -2.53. The van der Waals surface area contributed by atoms with Crippen molar-refractivity contribution in [1.29, 1.82) is 0 Å². The number of methoxy groups -OCH3 is 2. The lowest BCUT2D eigenvalue weighted by Gasteiger charge is -2.09. The molecule has 0 aliphatic heterocycles. The summed E-state index contributed by atoms with van der Waals surface area (Å²) in [7, 11) is 3.19. The molecule has 0 atom stereocenters. The first-order chi connectivity index (χ1) is 11.5. The number of carbonyl (C=O) groups is 1. The highest BCUT2D eigenvalue weighted by molar-refractivity contribution is 6.30. The summed E-state index contributed by atoms with van der Waals surface area (Å²) in [6.07, 6.45) is 0.585. The van der Waals surface area contributed by atoms with Crippen LogP contribution in [0.5, 0.6) is 11.5 Å². The van der Waals surface area contributed by atoms with Crippen molar-refractivity contribution in [2.45, 2.75) is 13.3 Å². The van der Waals surface area contributed by atoms with Gasteiger partial charge < -0.3 is 9.47 Å². The number of ether oxygens (including phenoxy) is 2. The Morgan fingerprint density at radius 3 is 2.38 bits per heavy atom. The van der Waals surface area contributed by atoms with Crippen LogP contribution in [0.25, 0.3) is 0 Å². The maximum Gasteiger partial charge on any atom is 0.271 e. The molecule has 0 fully saturated rings. The van der Waals surface area contributed by atoms with Crippen LogP contribution < -0.4 is 14.9 Å². The molecule has 0 bridgehead atoms. The van der Waals surface area contributed by atoms with Crippen LogP contribution in [0, 0.1) is 0 Å². The van der Waals surface area contributed by atoms with Crippen molar-refractivity contribution in [3.63, 3.8) is 0 Å². The number of benzene rings is 2. The second kappa shape index (κ2) is 8.36. The maximum atomic E-state index is 12.0. The summed E-state index contributed by atoms with van der Waals surface area (Å²) in [5.41, 5.74) is 4.82. The molecule has 0 aromatic heterocycles. The summed E-state index contributed by atoms with van der Waals surface area (Å²) in [6.45, 7) is 1.85. The molecule has 2 rings (SSSR count). The normalized spacial score (nSPS) is 11.1. The van der Waals surface area contributed by atoms with Crippen molar-refractivity contribution >= 4 is 23.2 Å². The van der Waals surface area contributed by atoms with Crippen LogP contribution in [0.4, 0.5) is 0 Å². The minimum absolute atomic E-state index is 0.279. The van der Waals surface area contributed by atoms with Crippen LogP contribution >= 0.6 is 11.6 Å². The van der Waals surface area contributed by atoms with Gasteiger partial charge in [0.15, 0.2) is 11.5 Å². The quantitative estimate of drug-likeness (QED) is 0.640. The van der Waals surface area contributed by atoms with Gasteiger partial charge in [0.05, 0.1) is 14.2 Å². The van der Waals surface area contributed by atoms with Gasteiger partial charge in [0, 0.05) is 22.7 Å². The van der Waals surface area contributed by atoms with Crippen LogP contribution in [-0.2, 0) is 6.42 Å². The SMILES string of the molecule is COc1ccc(C/C(C)=N\NC(=O)c2ccc(Cl)cc2)cc1OC. The number of nitrogens with zero attached hydrogens (tertiary/aromatic N) is 1. The summed E-state index contributed by atoms with van der Waals surface area (Å²) in [5.74, 6) is 1.05. The molecule has 0 aliphatic rings. The number of carbonyl (C=O) groups excluding carboxylic acids is 1. The number of halogens is 1. The Morgan fingerprint density at radius 2 is 1.75 bits per heavy atom. The molecule has 1 N–H and O–H groups in total. The topological polar surface area (TPSA) is 59.9 Å². The molecule has 126 valence electrons. The van der Waals surface area contributed by atoms with Gasteiger partial charge in [-0.1, -0.05) is 17.7 Å². The summed E-state index contributed by atoms with van der Waals surface area (Å²) in [5, 5.41) is 4.71. The number of amides is 1. The van der Waals surface area contributed by atoms with E-state index in [2.05, 4.69) is 10.5 Å². The molecule has 0 radical (unpaired) electrons. The number of hydrogen-bond acceptors (Lipinski definition) is 4. The molecule has 0 saturated heterocycles. The van der Waals surface area contributed by atoms with Crippen molar-refractivity contribution in [1.82, 2.24) is 5.43 Å². The van der Waals surface area contributed by atoms with E-state index in [0.29, 0.717) is 28.5 Å². The van der Waals surface area contributed by atoms with Gasteiger partial charge in [-0.2, -0.15) is 5.10 Å².